The molecule has 0 aliphatic carbocycles. The van der Waals surface area contributed by atoms with Crippen LogP contribution >= 0.6 is 0 Å². The molecule has 2 rings (SSSR count). The van der Waals surface area contributed by atoms with Gasteiger partial charge in [-0.05, 0) is 23.8 Å². The van der Waals surface area contributed by atoms with E-state index < -0.39 is 29.9 Å². The van der Waals surface area contributed by atoms with Crippen LogP contribution in [-0.2, 0) is 6.18 Å². The number of halogens is 6. The predicted molar refractivity (Wildman–Crippen MR) is 63.5 cm³/mol. The van der Waals surface area contributed by atoms with Gasteiger partial charge in [0.25, 0.3) is 0 Å². The molecule has 0 saturated carbocycles. The van der Waals surface area contributed by atoms with Crippen LogP contribution in [0.4, 0.5) is 26.3 Å². The molecule has 0 saturated heterocycles. The van der Waals surface area contributed by atoms with Gasteiger partial charge in [0.2, 0.25) is 0 Å². The van der Waals surface area contributed by atoms with E-state index in [4.69, 9.17) is 0 Å². The first-order chi connectivity index (χ1) is 9.79. The molecule has 0 unspecified atom stereocenters. The van der Waals surface area contributed by atoms with Crippen LogP contribution in [0.25, 0.3) is 11.1 Å². The van der Waals surface area contributed by atoms with Crippen LogP contribution < -0.4 is 4.74 Å². The lowest BCUT2D eigenvalue weighted by Crippen LogP contribution is -2.08. The summed E-state index contributed by atoms with van der Waals surface area (Å²) >= 11 is 0. The first-order valence-corrected chi connectivity index (χ1v) is 5.70. The topological polar surface area (TPSA) is 9.23 Å². The largest absolute Gasteiger partial charge is 0.434 e. The molecule has 0 fully saturated rings. The molecule has 0 heterocycles. The highest BCUT2D eigenvalue weighted by Crippen LogP contribution is 2.40. The lowest BCUT2D eigenvalue weighted by Gasteiger charge is -2.16. The zero-order chi connectivity index (χ0) is 15.6. The third kappa shape index (κ3) is 3.48. The SMILES string of the molecule is Fc1ccc(-c2ccccc2C(F)(F)F)c(OC(F)F)c1. The van der Waals surface area contributed by atoms with E-state index in [1.807, 2.05) is 0 Å². The molecule has 1 nitrogen and oxygen atoms in total. The molecule has 0 radical (unpaired) electrons. The summed E-state index contributed by atoms with van der Waals surface area (Å²) in [6, 6.07) is 6.87. The minimum Gasteiger partial charge on any atom is -0.434 e. The van der Waals surface area contributed by atoms with Gasteiger partial charge in [0, 0.05) is 11.6 Å². The fourth-order valence-electron chi connectivity index (χ4n) is 1.88. The summed E-state index contributed by atoms with van der Waals surface area (Å²) in [5.41, 5.74) is -1.64. The normalized spacial score (nSPS) is 11.8. The van der Waals surface area contributed by atoms with E-state index in [0.29, 0.717) is 6.07 Å². The minimum absolute atomic E-state index is 0.260. The third-order valence-corrected chi connectivity index (χ3v) is 2.68. The Hall–Kier alpha value is -2.18. The molecule has 7 heteroatoms. The van der Waals surface area contributed by atoms with Crippen molar-refractivity contribution in [2.45, 2.75) is 12.8 Å². The highest BCUT2D eigenvalue weighted by molar-refractivity contribution is 5.74. The number of hydrogen-bond donors (Lipinski definition) is 0. The molecule has 0 aromatic heterocycles. The highest BCUT2D eigenvalue weighted by atomic mass is 19.4. The molecule has 112 valence electrons. The van der Waals surface area contributed by atoms with Gasteiger partial charge < -0.3 is 4.74 Å². The number of ether oxygens (including phenoxy) is 1. The van der Waals surface area contributed by atoms with Crippen LogP contribution in [0.5, 0.6) is 5.75 Å². The van der Waals surface area contributed by atoms with Crippen molar-refractivity contribution in [3.63, 3.8) is 0 Å². The van der Waals surface area contributed by atoms with Gasteiger partial charge in [-0.1, -0.05) is 18.2 Å². The molecule has 0 atom stereocenters. The van der Waals surface area contributed by atoms with Crippen molar-refractivity contribution >= 4 is 0 Å². The van der Waals surface area contributed by atoms with E-state index in [2.05, 4.69) is 4.74 Å². The average Bonchev–Trinajstić information content (AvgIpc) is 2.37. The Labute approximate surface area is 115 Å². The minimum atomic E-state index is -4.67. The molecular weight excluding hydrogens is 298 g/mol. The van der Waals surface area contributed by atoms with Crippen molar-refractivity contribution in [2.24, 2.45) is 0 Å². The van der Waals surface area contributed by atoms with Crippen LogP contribution in [0.15, 0.2) is 42.5 Å². The molecule has 0 spiro atoms. The second kappa shape index (κ2) is 5.67. The van der Waals surface area contributed by atoms with Gasteiger partial charge in [0.15, 0.2) is 0 Å². The van der Waals surface area contributed by atoms with Crippen molar-refractivity contribution < 1.29 is 31.1 Å². The maximum absolute atomic E-state index is 13.1. The van der Waals surface area contributed by atoms with Gasteiger partial charge in [-0.3, -0.25) is 0 Å². The van der Waals surface area contributed by atoms with Crippen LogP contribution in [0.1, 0.15) is 5.56 Å². The first kappa shape index (κ1) is 15.2. The molecule has 0 aliphatic heterocycles. The third-order valence-electron chi connectivity index (χ3n) is 2.68. The van der Waals surface area contributed by atoms with Gasteiger partial charge in [-0.15, -0.1) is 0 Å². The Balaban J connectivity index is 2.62. The van der Waals surface area contributed by atoms with Crippen LogP contribution in [0.3, 0.4) is 0 Å². The Kier molecular flexibility index (Phi) is 4.11. The molecule has 0 N–H and O–H groups in total. The zero-order valence-corrected chi connectivity index (χ0v) is 10.3. The summed E-state index contributed by atoms with van der Waals surface area (Å²) in [7, 11) is 0. The van der Waals surface area contributed by atoms with E-state index in [1.54, 1.807) is 0 Å². The summed E-state index contributed by atoms with van der Waals surface area (Å²) in [5.74, 6) is -1.54. The second-order valence-corrected chi connectivity index (χ2v) is 4.06. The van der Waals surface area contributed by atoms with Crippen molar-refractivity contribution in [3.05, 3.63) is 53.8 Å². The van der Waals surface area contributed by atoms with Gasteiger partial charge in [0.1, 0.15) is 11.6 Å². The van der Waals surface area contributed by atoms with E-state index in [1.165, 1.54) is 12.1 Å². The van der Waals surface area contributed by atoms with Gasteiger partial charge >= 0.3 is 12.8 Å². The predicted octanol–water partition coefficient (Wildman–Crippen LogP) is 5.11. The van der Waals surface area contributed by atoms with Crippen LogP contribution in [0, 0.1) is 5.82 Å². The van der Waals surface area contributed by atoms with E-state index in [-0.39, 0.29) is 11.1 Å². The lowest BCUT2D eigenvalue weighted by molar-refractivity contribution is -0.137. The van der Waals surface area contributed by atoms with Crippen LogP contribution in [-0.4, -0.2) is 6.61 Å². The van der Waals surface area contributed by atoms with E-state index in [9.17, 15) is 26.3 Å². The first-order valence-electron chi connectivity index (χ1n) is 5.70. The molecule has 0 amide bonds. The summed E-state index contributed by atoms with van der Waals surface area (Å²) in [6.45, 7) is -3.27. The van der Waals surface area contributed by atoms with Crippen molar-refractivity contribution in [1.29, 1.82) is 0 Å². The maximum Gasteiger partial charge on any atom is 0.417 e. The summed E-state index contributed by atoms with van der Waals surface area (Å²) < 4.78 is 80.7. The Morgan fingerprint density at radius 3 is 2.19 bits per heavy atom. The Bertz CT molecular complexity index is 636. The average molecular weight is 306 g/mol. The van der Waals surface area contributed by atoms with E-state index >= 15 is 0 Å². The van der Waals surface area contributed by atoms with Crippen molar-refractivity contribution in [3.8, 4) is 16.9 Å². The van der Waals surface area contributed by atoms with Crippen molar-refractivity contribution in [1.82, 2.24) is 0 Å². The number of rotatable bonds is 3. The lowest BCUT2D eigenvalue weighted by atomic mass is 9.98. The van der Waals surface area contributed by atoms with E-state index in [0.717, 1.165) is 24.3 Å². The molecule has 0 bridgehead atoms. The smallest absolute Gasteiger partial charge is 0.417 e. The van der Waals surface area contributed by atoms with Gasteiger partial charge in [0.05, 0.1) is 5.56 Å². The summed E-state index contributed by atoms with van der Waals surface area (Å²) in [4.78, 5) is 0. The van der Waals surface area contributed by atoms with Gasteiger partial charge in [-0.2, -0.15) is 22.0 Å². The van der Waals surface area contributed by atoms with Crippen LogP contribution in [0.2, 0.25) is 0 Å². The Morgan fingerprint density at radius 2 is 1.57 bits per heavy atom. The zero-order valence-electron chi connectivity index (χ0n) is 10.3. The van der Waals surface area contributed by atoms with Crippen molar-refractivity contribution in [2.75, 3.05) is 0 Å². The quantitative estimate of drug-likeness (QED) is 0.716. The highest BCUT2D eigenvalue weighted by Gasteiger charge is 2.34. The fraction of sp³-hybridized carbons (Fsp3) is 0.143. The fourth-order valence-corrected chi connectivity index (χ4v) is 1.88. The second-order valence-electron chi connectivity index (χ2n) is 4.06. The molecule has 0 aliphatic rings. The molecule has 21 heavy (non-hydrogen) atoms. The summed E-state index contributed by atoms with van der Waals surface area (Å²) in [5, 5.41) is 0. The Morgan fingerprint density at radius 1 is 0.905 bits per heavy atom. The number of hydrogen-bond acceptors (Lipinski definition) is 1. The standard InChI is InChI=1S/C14H8F6O/c15-8-5-6-10(12(7-8)21-13(16)17)9-3-1-2-4-11(9)14(18,19)20/h1-7,13H. The molecule has 2 aromatic rings. The number of alkyl halides is 5. The number of benzene rings is 2. The summed E-state index contributed by atoms with van der Waals surface area (Å²) in [6.07, 6.45) is -4.67. The maximum atomic E-state index is 13.1. The monoisotopic (exact) mass is 306 g/mol. The molecular formula is C14H8F6O. The molecule has 2 aromatic carbocycles. The van der Waals surface area contributed by atoms with Gasteiger partial charge in [-0.25, -0.2) is 4.39 Å².